The molecular weight excluding hydrogens is 342 g/mol. The number of carbonyl (C=O) groups excluding carboxylic acids is 2. The topological polar surface area (TPSA) is 85.2 Å². The summed E-state index contributed by atoms with van der Waals surface area (Å²) < 4.78 is 10.1. The fraction of sp³-hybridized carbons (Fsp3) is 0.278. The number of thiophene rings is 1. The van der Waals surface area contributed by atoms with Crippen LogP contribution in [0.3, 0.4) is 0 Å². The first-order valence-corrected chi connectivity index (χ1v) is 8.60. The fourth-order valence-corrected chi connectivity index (χ4v) is 3.18. The average Bonchev–Trinajstić information content (AvgIpc) is 2.91. The van der Waals surface area contributed by atoms with Crippen molar-refractivity contribution in [1.82, 2.24) is 0 Å². The van der Waals surface area contributed by atoms with Gasteiger partial charge in [-0.15, -0.1) is 11.3 Å². The van der Waals surface area contributed by atoms with Crippen molar-refractivity contribution in [1.29, 1.82) is 0 Å². The SMILES string of the molecule is CCOC(=O)c1sc(/N=C/c2ccccc2O)c(C(=O)OCC)c1C. The zero-order valence-corrected chi connectivity index (χ0v) is 15.1. The highest BCUT2D eigenvalue weighted by Crippen LogP contribution is 2.36. The number of hydrogen-bond donors (Lipinski definition) is 1. The van der Waals surface area contributed by atoms with Crippen LogP contribution in [0.4, 0.5) is 5.00 Å². The van der Waals surface area contributed by atoms with Crippen molar-refractivity contribution in [2.45, 2.75) is 20.8 Å². The zero-order chi connectivity index (χ0) is 18.4. The minimum absolute atomic E-state index is 0.0721. The molecule has 0 aliphatic rings. The molecule has 0 aliphatic heterocycles. The van der Waals surface area contributed by atoms with Gasteiger partial charge >= 0.3 is 11.9 Å². The van der Waals surface area contributed by atoms with Gasteiger partial charge in [0.1, 0.15) is 21.2 Å². The maximum atomic E-state index is 12.3. The summed E-state index contributed by atoms with van der Waals surface area (Å²) in [5, 5.41) is 10.2. The second-order valence-corrected chi connectivity index (χ2v) is 5.99. The van der Waals surface area contributed by atoms with Gasteiger partial charge in [-0.2, -0.15) is 0 Å². The molecule has 0 amide bonds. The van der Waals surface area contributed by atoms with Crippen molar-refractivity contribution < 1.29 is 24.2 Å². The number of nitrogens with zero attached hydrogens (tertiary/aromatic N) is 1. The minimum Gasteiger partial charge on any atom is -0.507 e. The van der Waals surface area contributed by atoms with Gasteiger partial charge in [0.05, 0.1) is 13.2 Å². The molecule has 132 valence electrons. The maximum absolute atomic E-state index is 12.3. The molecule has 0 atom stereocenters. The van der Waals surface area contributed by atoms with Crippen molar-refractivity contribution in [3.63, 3.8) is 0 Å². The normalized spacial score (nSPS) is 10.8. The Balaban J connectivity index is 2.48. The molecule has 25 heavy (non-hydrogen) atoms. The van der Waals surface area contributed by atoms with Crippen LogP contribution >= 0.6 is 11.3 Å². The lowest BCUT2D eigenvalue weighted by Crippen LogP contribution is -2.08. The molecule has 7 heteroatoms. The molecule has 2 rings (SSSR count). The van der Waals surface area contributed by atoms with E-state index in [9.17, 15) is 14.7 Å². The van der Waals surface area contributed by atoms with E-state index < -0.39 is 11.9 Å². The third-order valence-corrected chi connectivity index (χ3v) is 4.51. The first kappa shape index (κ1) is 18.7. The number of para-hydroxylation sites is 1. The Labute approximate surface area is 149 Å². The average molecular weight is 361 g/mol. The summed E-state index contributed by atoms with van der Waals surface area (Å²) in [6.07, 6.45) is 1.44. The van der Waals surface area contributed by atoms with Crippen LogP contribution in [0.1, 0.15) is 45.0 Å². The van der Waals surface area contributed by atoms with Crippen molar-refractivity contribution in [2.75, 3.05) is 13.2 Å². The lowest BCUT2D eigenvalue weighted by atomic mass is 10.1. The van der Waals surface area contributed by atoms with Crippen LogP contribution in [0.25, 0.3) is 0 Å². The zero-order valence-electron chi connectivity index (χ0n) is 14.2. The van der Waals surface area contributed by atoms with E-state index in [1.807, 2.05) is 0 Å². The lowest BCUT2D eigenvalue weighted by Gasteiger charge is -2.03. The largest absolute Gasteiger partial charge is 0.507 e. The van der Waals surface area contributed by atoms with Crippen molar-refractivity contribution in [3.05, 3.63) is 45.8 Å². The summed E-state index contributed by atoms with van der Waals surface area (Å²) in [6.45, 7) is 5.53. The van der Waals surface area contributed by atoms with E-state index in [1.165, 1.54) is 12.3 Å². The van der Waals surface area contributed by atoms with Crippen LogP contribution in [0.5, 0.6) is 5.75 Å². The molecule has 1 aromatic heterocycles. The summed E-state index contributed by atoms with van der Waals surface area (Å²) >= 11 is 1.06. The van der Waals surface area contributed by atoms with Gasteiger partial charge in [0, 0.05) is 11.8 Å². The Morgan fingerprint density at radius 1 is 1.16 bits per heavy atom. The number of phenols is 1. The number of aliphatic imine (C=N–C) groups is 1. The number of benzene rings is 1. The second kappa shape index (κ2) is 8.43. The summed E-state index contributed by atoms with van der Waals surface area (Å²) in [4.78, 5) is 29.0. The van der Waals surface area contributed by atoms with Gasteiger partial charge in [0.15, 0.2) is 0 Å². The highest BCUT2D eigenvalue weighted by molar-refractivity contribution is 7.18. The van der Waals surface area contributed by atoms with Gasteiger partial charge in [0.25, 0.3) is 0 Å². The molecule has 0 fully saturated rings. The van der Waals surface area contributed by atoms with Crippen molar-refractivity contribution >= 4 is 34.5 Å². The molecule has 1 N–H and O–H groups in total. The Kier molecular flexibility index (Phi) is 6.30. The monoisotopic (exact) mass is 361 g/mol. The lowest BCUT2D eigenvalue weighted by molar-refractivity contribution is 0.0527. The molecule has 0 unspecified atom stereocenters. The summed E-state index contributed by atoms with van der Waals surface area (Å²) in [7, 11) is 0. The van der Waals surface area contributed by atoms with E-state index in [4.69, 9.17) is 9.47 Å². The second-order valence-electron chi connectivity index (χ2n) is 4.99. The number of ether oxygens (including phenoxy) is 2. The highest BCUT2D eigenvalue weighted by Gasteiger charge is 2.26. The summed E-state index contributed by atoms with van der Waals surface area (Å²) in [6, 6.07) is 6.69. The quantitative estimate of drug-likeness (QED) is 0.624. The van der Waals surface area contributed by atoms with Gasteiger partial charge in [-0.05, 0) is 38.5 Å². The van der Waals surface area contributed by atoms with Gasteiger partial charge < -0.3 is 14.6 Å². The van der Waals surface area contributed by atoms with Crippen LogP contribution in [-0.2, 0) is 9.47 Å². The number of rotatable bonds is 6. The standard InChI is InChI=1S/C18H19NO5S/c1-4-23-17(21)14-11(3)15(18(22)24-5-2)25-16(14)19-10-12-8-6-7-9-13(12)20/h6-10,20H,4-5H2,1-3H3/b19-10+. The van der Waals surface area contributed by atoms with E-state index >= 15 is 0 Å². The van der Waals surface area contributed by atoms with Gasteiger partial charge in [-0.1, -0.05) is 12.1 Å². The third kappa shape index (κ3) is 4.24. The number of hydrogen-bond acceptors (Lipinski definition) is 7. The smallest absolute Gasteiger partial charge is 0.348 e. The van der Waals surface area contributed by atoms with E-state index in [0.29, 0.717) is 21.0 Å². The molecule has 0 saturated heterocycles. The number of carbonyl (C=O) groups is 2. The third-order valence-electron chi connectivity index (χ3n) is 3.33. The Morgan fingerprint density at radius 2 is 1.80 bits per heavy atom. The van der Waals surface area contributed by atoms with Gasteiger partial charge in [-0.3, -0.25) is 0 Å². The molecular formula is C18H19NO5S. The number of phenolic OH excluding ortho intramolecular Hbond substituents is 1. The van der Waals surface area contributed by atoms with E-state index in [2.05, 4.69) is 4.99 Å². The number of aromatic hydroxyl groups is 1. The maximum Gasteiger partial charge on any atom is 0.348 e. The van der Waals surface area contributed by atoms with E-state index in [1.54, 1.807) is 39.0 Å². The molecule has 0 bridgehead atoms. The molecule has 2 aromatic rings. The Hall–Kier alpha value is -2.67. The minimum atomic E-state index is -0.545. The molecule has 0 saturated carbocycles. The molecule has 1 aromatic carbocycles. The van der Waals surface area contributed by atoms with Crippen LogP contribution in [0.15, 0.2) is 29.3 Å². The first-order chi connectivity index (χ1) is 12.0. The Morgan fingerprint density at radius 3 is 2.44 bits per heavy atom. The highest BCUT2D eigenvalue weighted by atomic mass is 32.1. The Bertz CT molecular complexity index is 810. The molecule has 0 aliphatic carbocycles. The van der Waals surface area contributed by atoms with Crippen LogP contribution in [0.2, 0.25) is 0 Å². The molecule has 0 radical (unpaired) electrons. The van der Waals surface area contributed by atoms with Gasteiger partial charge in [0.2, 0.25) is 0 Å². The van der Waals surface area contributed by atoms with Crippen molar-refractivity contribution in [2.24, 2.45) is 4.99 Å². The molecule has 0 spiro atoms. The fourth-order valence-electron chi connectivity index (χ4n) is 2.15. The summed E-state index contributed by atoms with van der Waals surface area (Å²) in [5.41, 5.74) is 1.22. The van der Waals surface area contributed by atoms with Crippen LogP contribution in [-0.4, -0.2) is 36.5 Å². The predicted octanol–water partition coefficient (Wildman–Crippen LogP) is 3.87. The predicted molar refractivity (Wildman–Crippen MR) is 96.3 cm³/mol. The molecule has 1 heterocycles. The van der Waals surface area contributed by atoms with E-state index in [-0.39, 0.29) is 24.5 Å². The number of esters is 2. The van der Waals surface area contributed by atoms with Gasteiger partial charge in [-0.25, -0.2) is 14.6 Å². The first-order valence-electron chi connectivity index (χ1n) is 7.79. The van der Waals surface area contributed by atoms with Crippen LogP contribution in [0, 0.1) is 6.92 Å². The van der Waals surface area contributed by atoms with E-state index in [0.717, 1.165) is 11.3 Å². The molecule has 6 nitrogen and oxygen atoms in total. The van der Waals surface area contributed by atoms with Crippen LogP contribution < -0.4 is 0 Å². The van der Waals surface area contributed by atoms with Crippen molar-refractivity contribution in [3.8, 4) is 5.75 Å². The summed E-state index contributed by atoms with van der Waals surface area (Å²) in [5.74, 6) is -0.974.